The van der Waals surface area contributed by atoms with E-state index in [1.807, 2.05) is 19.1 Å². The van der Waals surface area contributed by atoms with Gasteiger partial charge in [-0.05, 0) is 31.9 Å². The minimum Gasteiger partial charge on any atom is -0.335 e. The van der Waals surface area contributed by atoms with Crippen molar-refractivity contribution in [2.45, 2.75) is 31.8 Å². The van der Waals surface area contributed by atoms with E-state index in [0.717, 1.165) is 22.1 Å². The first-order chi connectivity index (χ1) is 7.15. The van der Waals surface area contributed by atoms with Gasteiger partial charge < -0.3 is 10.6 Å². The van der Waals surface area contributed by atoms with Gasteiger partial charge in [-0.2, -0.15) is 0 Å². The summed E-state index contributed by atoms with van der Waals surface area (Å²) in [6, 6.07) is 4.10. The van der Waals surface area contributed by atoms with Crippen LogP contribution >= 0.6 is 22.9 Å². The number of urea groups is 1. The summed E-state index contributed by atoms with van der Waals surface area (Å²) in [6.07, 6.45) is 2.21. The molecule has 3 nitrogen and oxygen atoms in total. The number of carbonyl (C=O) groups is 1. The zero-order valence-electron chi connectivity index (χ0n) is 8.42. The number of hydrogen-bond acceptors (Lipinski definition) is 2. The largest absolute Gasteiger partial charge is 0.335 e. The lowest BCUT2D eigenvalue weighted by atomic mass is 10.3. The molecule has 15 heavy (non-hydrogen) atoms. The van der Waals surface area contributed by atoms with Crippen LogP contribution in [0.4, 0.5) is 4.79 Å². The Bertz CT molecular complexity index is 362. The fourth-order valence-corrected chi connectivity index (χ4v) is 2.35. The third kappa shape index (κ3) is 3.11. The summed E-state index contributed by atoms with van der Waals surface area (Å²) >= 11 is 7.32. The maximum absolute atomic E-state index is 11.4. The molecule has 1 aliphatic rings. The van der Waals surface area contributed by atoms with Crippen molar-refractivity contribution in [1.29, 1.82) is 0 Å². The SMILES string of the molecule is C[C@H](NC(=O)NC1CC1)c1ccc(Cl)s1. The predicted octanol–water partition coefficient (Wildman–Crippen LogP) is 2.92. The van der Waals surface area contributed by atoms with Crippen LogP contribution in [0.25, 0.3) is 0 Å². The monoisotopic (exact) mass is 244 g/mol. The Morgan fingerprint density at radius 2 is 2.33 bits per heavy atom. The van der Waals surface area contributed by atoms with Gasteiger partial charge in [0.25, 0.3) is 0 Å². The fourth-order valence-electron chi connectivity index (χ4n) is 1.28. The minimum absolute atomic E-state index is 0.0150. The zero-order valence-corrected chi connectivity index (χ0v) is 9.99. The van der Waals surface area contributed by atoms with Crippen molar-refractivity contribution in [2.75, 3.05) is 0 Å². The molecule has 0 unspecified atom stereocenters. The summed E-state index contributed by atoms with van der Waals surface area (Å²) in [4.78, 5) is 12.5. The van der Waals surface area contributed by atoms with Crippen LogP contribution in [-0.4, -0.2) is 12.1 Å². The van der Waals surface area contributed by atoms with Gasteiger partial charge in [0, 0.05) is 10.9 Å². The van der Waals surface area contributed by atoms with Crippen molar-refractivity contribution < 1.29 is 4.79 Å². The van der Waals surface area contributed by atoms with E-state index in [0.29, 0.717) is 6.04 Å². The molecule has 0 spiro atoms. The summed E-state index contributed by atoms with van der Waals surface area (Å²) in [5, 5.41) is 5.77. The summed E-state index contributed by atoms with van der Waals surface area (Å²) in [7, 11) is 0. The lowest BCUT2D eigenvalue weighted by Crippen LogP contribution is -2.37. The van der Waals surface area contributed by atoms with Crippen LogP contribution < -0.4 is 10.6 Å². The average molecular weight is 245 g/mol. The molecule has 1 saturated carbocycles. The van der Waals surface area contributed by atoms with Gasteiger partial charge in [-0.25, -0.2) is 4.79 Å². The van der Waals surface area contributed by atoms with Gasteiger partial charge in [0.1, 0.15) is 0 Å². The first-order valence-corrected chi connectivity index (χ1v) is 6.17. The lowest BCUT2D eigenvalue weighted by molar-refractivity contribution is 0.237. The molecule has 1 atom stereocenters. The van der Waals surface area contributed by atoms with Crippen molar-refractivity contribution in [3.05, 3.63) is 21.3 Å². The molecule has 0 aromatic carbocycles. The molecule has 1 aromatic heterocycles. The highest BCUT2D eigenvalue weighted by atomic mass is 35.5. The molecule has 0 saturated heterocycles. The Labute approximate surface area is 97.8 Å². The third-order valence-electron chi connectivity index (χ3n) is 2.28. The summed E-state index contributed by atoms with van der Waals surface area (Å²) < 4.78 is 0.751. The van der Waals surface area contributed by atoms with E-state index in [2.05, 4.69) is 10.6 Å². The van der Waals surface area contributed by atoms with Gasteiger partial charge in [0.2, 0.25) is 0 Å². The van der Waals surface area contributed by atoms with E-state index in [-0.39, 0.29) is 12.1 Å². The molecule has 0 aliphatic heterocycles. The van der Waals surface area contributed by atoms with Gasteiger partial charge in [0.15, 0.2) is 0 Å². The van der Waals surface area contributed by atoms with Crippen LogP contribution in [0.1, 0.15) is 30.7 Å². The topological polar surface area (TPSA) is 41.1 Å². The summed E-state index contributed by atoms with van der Waals surface area (Å²) in [6.45, 7) is 1.95. The van der Waals surface area contributed by atoms with Gasteiger partial charge in [-0.1, -0.05) is 11.6 Å². The van der Waals surface area contributed by atoms with Crippen molar-refractivity contribution in [2.24, 2.45) is 0 Å². The van der Waals surface area contributed by atoms with Gasteiger partial charge in [-0.15, -0.1) is 11.3 Å². The standard InChI is InChI=1S/C10H13ClN2OS/c1-6(8-4-5-9(11)15-8)12-10(14)13-7-2-3-7/h4-7H,2-3H2,1H3,(H2,12,13,14)/t6-/m0/s1. The summed E-state index contributed by atoms with van der Waals surface area (Å²) in [5.41, 5.74) is 0. The number of amides is 2. The molecule has 1 aromatic rings. The predicted molar refractivity (Wildman–Crippen MR) is 62.4 cm³/mol. The normalized spacial score (nSPS) is 17.2. The number of halogens is 1. The number of carbonyl (C=O) groups excluding carboxylic acids is 1. The van der Waals surface area contributed by atoms with Crippen LogP contribution in [0.5, 0.6) is 0 Å². The molecule has 2 rings (SSSR count). The van der Waals surface area contributed by atoms with Crippen LogP contribution in [0, 0.1) is 0 Å². The highest BCUT2D eigenvalue weighted by Gasteiger charge is 2.23. The van der Waals surface area contributed by atoms with E-state index in [4.69, 9.17) is 11.6 Å². The number of hydrogen-bond donors (Lipinski definition) is 2. The molecule has 5 heteroatoms. The Balaban J connectivity index is 1.85. The number of rotatable bonds is 3. The van der Waals surface area contributed by atoms with Crippen LogP contribution in [0.3, 0.4) is 0 Å². The van der Waals surface area contributed by atoms with Gasteiger partial charge in [-0.3, -0.25) is 0 Å². The zero-order chi connectivity index (χ0) is 10.8. The van der Waals surface area contributed by atoms with E-state index in [9.17, 15) is 4.79 Å². The number of nitrogens with one attached hydrogen (secondary N) is 2. The van der Waals surface area contributed by atoms with Crippen LogP contribution in [0.15, 0.2) is 12.1 Å². The van der Waals surface area contributed by atoms with E-state index in [1.165, 1.54) is 11.3 Å². The van der Waals surface area contributed by atoms with Crippen molar-refractivity contribution in [1.82, 2.24) is 10.6 Å². The van der Waals surface area contributed by atoms with E-state index >= 15 is 0 Å². The van der Waals surface area contributed by atoms with Crippen molar-refractivity contribution in [3.63, 3.8) is 0 Å². The van der Waals surface area contributed by atoms with Crippen LogP contribution in [-0.2, 0) is 0 Å². The van der Waals surface area contributed by atoms with E-state index in [1.54, 1.807) is 0 Å². The second kappa shape index (κ2) is 4.41. The van der Waals surface area contributed by atoms with Crippen molar-refractivity contribution >= 4 is 29.0 Å². The molecule has 0 bridgehead atoms. The fraction of sp³-hybridized carbons (Fsp3) is 0.500. The first kappa shape index (κ1) is 10.8. The highest BCUT2D eigenvalue weighted by Crippen LogP contribution is 2.26. The Kier molecular flexibility index (Phi) is 3.17. The molecule has 82 valence electrons. The molecule has 1 fully saturated rings. The Morgan fingerprint density at radius 1 is 1.60 bits per heavy atom. The molecule has 2 N–H and O–H groups in total. The third-order valence-corrected chi connectivity index (χ3v) is 3.69. The lowest BCUT2D eigenvalue weighted by Gasteiger charge is -2.12. The smallest absolute Gasteiger partial charge is 0.315 e. The quantitative estimate of drug-likeness (QED) is 0.844. The van der Waals surface area contributed by atoms with Crippen molar-refractivity contribution in [3.8, 4) is 0 Å². The molecular formula is C10H13ClN2OS. The van der Waals surface area contributed by atoms with E-state index < -0.39 is 0 Å². The molecule has 1 aliphatic carbocycles. The second-order valence-electron chi connectivity index (χ2n) is 3.76. The molecule has 2 amide bonds. The average Bonchev–Trinajstić information content (AvgIpc) is 2.85. The Hall–Kier alpha value is -0.740. The second-order valence-corrected chi connectivity index (χ2v) is 5.50. The maximum atomic E-state index is 11.4. The highest BCUT2D eigenvalue weighted by molar-refractivity contribution is 7.16. The maximum Gasteiger partial charge on any atom is 0.315 e. The van der Waals surface area contributed by atoms with Gasteiger partial charge >= 0.3 is 6.03 Å². The molecule has 1 heterocycles. The Morgan fingerprint density at radius 3 is 2.87 bits per heavy atom. The van der Waals surface area contributed by atoms with Crippen LogP contribution in [0.2, 0.25) is 4.34 Å². The number of thiophene rings is 1. The first-order valence-electron chi connectivity index (χ1n) is 4.97. The minimum atomic E-state index is -0.0884. The van der Waals surface area contributed by atoms with Gasteiger partial charge in [0.05, 0.1) is 10.4 Å². The molecular weight excluding hydrogens is 232 g/mol. The molecule has 0 radical (unpaired) electrons. The summed E-state index contributed by atoms with van der Waals surface area (Å²) in [5.74, 6) is 0.